The molecule has 0 atom stereocenters. The van der Waals surface area contributed by atoms with E-state index in [1.54, 1.807) is 11.1 Å². The van der Waals surface area contributed by atoms with E-state index in [-0.39, 0.29) is 24.8 Å². The second-order valence-electron chi connectivity index (χ2n) is 5.10. The predicted octanol–water partition coefficient (Wildman–Crippen LogP) is -1.94. The van der Waals surface area contributed by atoms with Crippen LogP contribution in [0, 0.1) is 0 Å². The quantitative estimate of drug-likeness (QED) is 0.388. The van der Waals surface area contributed by atoms with Crippen molar-refractivity contribution < 1.29 is 43.8 Å². The van der Waals surface area contributed by atoms with Gasteiger partial charge < -0.3 is 24.8 Å². The van der Waals surface area contributed by atoms with Crippen molar-refractivity contribution in [2.24, 2.45) is 0 Å². The molecule has 0 aliphatic heterocycles. The summed E-state index contributed by atoms with van der Waals surface area (Å²) in [6.45, 7) is 4.68. The molecule has 0 saturated heterocycles. The normalized spacial score (nSPS) is 17.4. The summed E-state index contributed by atoms with van der Waals surface area (Å²) < 4.78 is 3.89. The zero-order valence-electron chi connectivity index (χ0n) is 11.6. The Balaban J connectivity index is 0.00000144. The molecule has 0 fully saturated rings. The summed E-state index contributed by atoms with van der Waals surface area (Å²) in [4.78, 5) is 0. The van der Waals surface area contributed by atoms with Gasteiger partial charge in [-0.05, 0) is 0 Å². The number of allylic oxidation sites excluding steroid dienone is 8. The molecule has 0 aromatic rings. The summed E-state index contributed by atoms with van der Waals surface area (Å²) in [5, 5.41) is 0. The van der Waals surface area contributed by atoms with Gasteiger partial charge in [0.15, 0.2) is 0 Å². The Kier molecular flexibility index (Phi) is 8.73. The Bertz CT molecular complexity index is 384. The van der Waals surface area contributed by atoms with Gasteiger partial charge in [0, 0.05) is 0 Å². The number of hydrogen-bond acceptors (Lipinski definition) is 0. The van der Waals surface area contributed by atoms with Crippen molar-refractivity contribution in [3.8, 4) is 0 Å². The molecule has 0 heterocycles. The molecule has 2 aliphatic rings. The topological polar surface area (TPSA) is 0 Å². The van der Waals surface area contributed by atoms with Gasteiger partial charge >= 0.3 is 110 Å². The molecule has 0 amide bonds. The minimum absolute atomic E-state index is 0. The van der Waals surface area contributed by atoms with Gasteiger partial charge in [-0.2, -0.15) is 0 Å². The van der Waals surface area contributed by atoms with Crippen LogP contribution in [-0.2, 0) is 19.0 Å². The Morgan fingerprint density at radius 2 is 1.28 bits per heavy atom. The molecule has 0 bridgehead atoms. The van der Waals surface area contributed by atoms with E-state index in [1.807, 2.05) is 6.66 Å². The van der Waals surface area contributed by atoms with Crippen LogP contribution in [0.2, 0.25) is 11.5 Å². The smallest absolute Gasteiger partial charge is 1.00 e. The van der Waals surface area contributed by atoms with Crippen LogP contribution in [0.4, 0.5) is 0 Å². The third kappa shape index (κ3) is 3.97. The minimum atomic E-state index is -1.53. The standard InChI is InChI=1S/2C6H7.C2H7Ge.2ClH.Hf/c2*1-6-4-2-3-5-6;1-3-2;;;/h2*2,4H,3H2,1H3;3H,1-2H3;2*1H;/q;;;;;+2/p-2. The van der Waals surface area contributed by atoms with Crippen LogP contribution >= 0.6 is 0 Å². The zero-order valence-corrected chi connectivity index (χ0v) is 19.1. The summed E-state index contributed by atoms with van der Waals surface area (Å²) in [6, 6.07) is 0. The summed E-state index contributed by atoms with van der Waals surface area (Å²) in [5.41, 5.74) is 3.27. The Morgan fingerprint density at radius 1 is 0.889 bits per heavy atom. The molecule has 0 radical (unpaired) electrons. The number of rotatable bonds is 3. The van der Waals surface area contributed by atoms with Crippen molar-refractivity contribution in [3.05, 3.63) is 42.1 Å². The van der Waals surface area contributed by atoms with Crippen molar-refractivity contribution >= 4 is 10.6 Å². The van der Waals surface area contributed by atoms with Crippen molar-refractivity contribution in [1.82, 2.24) is 0 Å². The summed E-state index contributed by atoms with van der Waals surface area (Å²) >= 11 is -1.53. The first-order valence-corrected chi connectivity index (χ1v) is 26.6. The third-order valence-corrected chi connectivity index (χ3v) is 48.5. The van der Waals surface area contributed by atoms with Gasteiger partial charge in [0.2, 0.25) is 0 Å². The third-order valence-electron chi connectivity index (χ3n) is 3.56. The molecule has 99 valence electrons. The average Bonchev–Trinajstić information content (AvgIpc) is 2.79. The SMILES string of the molecule is CC1=[C]([Hf+2]([C]2=C(C)C=CC2)[GeH]([CH3])[CH3])CC=C1.[Cl-].[Cl-]. The Morgan fingerprint density at radius 3 is 1.50 bits per heavy atom. The van der Waals surface area contributed by atoms with Crippen LogP contribution in [0.3, 0.4) is 0 Å². The molecular formula is C14H21Cl2GeHf. The van der Waals surface area contributed by atoms with E-state index >= 15 is 0 Å². The van der Waals surface area contributed by atoms with E-state index in [4.69, 9.17) is 0 Å². The van der Waals surface area contributed by atoms with Crippen LogP contribution in [0.15, 0.2) is 42.1 Å². The molecule has 0 saturated carbocycles. The molecule has 0 spiro atoms. The van der Waals surface area contributed by atoms with Crippen LogP contribution in [0.5, 0.6) is 0 Å². The van der Waals surface area contributed by atoms with Gasteiger partial charge in [0.05, 0.1) is 0 Å². The molecule has 2 rings (SSSR count). The molecule has 0 unspecified atom stereocenters. The molecule has 0 aromatic carbocycles. The fourth-order valence-corrected chi connectivity index (χ4v) is 51.0. The molecular weight excluding hydrogens is 490 g/mol. The van der Waals surface area contributed by atoms with Crippen molar-refractivity contribution in [2.75, 3.05) is 0 Å². The molecule has 0 nitrogen and oxygen atoms in total. The zero-order chi connectivity index (χ0) is 11.7. The molecule has 4 heteroatoms. The first-order chi connectivity index (χ1) is 7.61. The van der Waals surface area contributed by atoms with Gasteiger partial charge in [0.25, 0.3) is 0 Å². The number of hydrogen-bond donors (Lipinski definition) is 0. The van der Waals surface area contributed by atoms with Crippen molar-refractivity contribution in [3.63, 3.8) is 0 Å². The first kappa shape index (κ1) is 19.0. The van der Waals surface area contributed by atoms with E-state index in [9.17, 15) is 0 Å². The fraction of sp³-hybridized carbons (Fsp3) is 0.429. The monoisotopic (exact) mass is 513 g/mol. The number of halogens is 2. The second kappa shape index (κ2) is 8.29. The summed E-state index contributed by atoms with van der Waals surface area (Å²) in [6.07, 6.45) is 12.1. The summed E-state index contributed by atoms with van der Waals surface area (Å²) in [5.74, 6) is 5.26. The largest absolute Gasteiger partial charge is 1.00 e. The maximum absolute atomic E-state index is 2.63. The van der Waals surface area contributed by atoms with Gasteiger partial charge in [-0.3, -0.25) is 0 Å². The van der Waals surface area contributed by atoms with Crippen LogP contribution in [0.25, 0.3) is 0 Å². The van der Waals surface area contributed by atoms with E-state index in [0.717, 1.165) is 0 Å². The van der Waals surface area contributed by atoms with Gasteiger partial charge in [-0.1, -0.05) is 0 Å². The second-order valence-corrected chi connectivity index (χ2v) is 48.7. The minimum Gasteiger partial charge on any atom is -1.00 e. The maximum Gasteiger partial charge on any atom is -1.00 e. The van der Waals surface area contributed by atoms with Crippen LogP contribution in [0.1, 0.15) is 26.7 Å². The Hall–Kier alpha value is 0.953. The van der Waals surface area contributed by atoms with Crippen molar-refractivity contribution in [1.29, 1.82) is 0 Å². The Labute approximate surface area is 133 Å². The molecule has 0 aromatic heterocycles. The van der Waals surface area contributed by atoms with E-state index in [1.165, 1.54) is 12.8 Å². The van der Waals surface area contributed by atoms with E-state index in [2.05, 4.69) is 49.7 Å². The average molecular weight is 511 g/mol. The maximum atomic E-state index is 2.63. The van der Waals surface area contributed by atoms with Crippen LogP contribution < -0.4 is 24.8 Å². The van der Waals surface area contributed by atoms with Crippen LogP contribution in [-0.4, -0.2) is 10.6 Å². The fourth-order valence-electron chi connectivity index (χ4n) is 2.75. The van der Waals surface area contributed by atoms with Gasteiger partial charge in [-0.15, -0.1) is 0 Å². The van der Waals surface area contributed by atoms with E-state index in [0.29, 0.717) is 0 Å². The molecule has 0 N–H and O–H groups in total. The van der Waals surface area contributed by atoms with Gasteiger partial charge in [-0.25, -0.2) is 0 Å². The molecule has 2 aliphatic carbocycles. The predicted molar refractivity (Wildman–Crippen MR) is 71.8 cm³/mol. The molecule has 18 heavy (non-hydrogen) atoms. The van der Waals surface area contributed by atoms with Gasteiger partial charge in [0.1, 0.15) is 0 Å². The van der Waals surface area contributed by atoms with Crippen molar-refractivity contribution in [2.45, 2.75) is 38.2 Å². The summed E-state index contributed by atoms with van der Waals surface area (Å²) in [7, 11) is -0.930. The first-order valence-electron chi connectivity index (χ1n) is 6.21. The van der Waals surface area contributed by atoms with E-state index < -0.39 is 29.6 Å².